The second-order valence-electron chi connectivity index (χ2n) is 8.21. The molecule has 2 N–H and O–H groups in total. The maximum Gasteiger partial charge on any atom is 0.344 e. The van der Waals surface area contributed by atoms with Gasteiger partial charge in [-0.25, -0.2) is 9.78 Å². The average Bonchev–Trinajstić information content (AvgIpc) is 3.30. The van der Waals surface area contributed by atoms with E-state index in [1.807, 2.05) is 30.3 Å². The van der Waals surface area contributed by atoms with E-state index in [0.717, 1.165) is 23.4 Å². The number of carbonyl (C=O) groups is 3. The second kappa shape index (κ2) is 8.30. The molecule has 1 spiro atoms. The molecule has 8 heteroatoms. The van der Waals surface area contributed by atoms with Crippen LogP contribution in [0.3, 0.4) is 0 Å². The van der Waals surface area contributed by atoms with Crippen LogP contribution < -0.4 is 10.7 Å². The third-order valence-electron chi connectivity index (χ3n) is 5.93. The minimum absolute atomic E-state index is 0.157. The van der Waals surface area contributed by atoms with Crippen LogP contribution in [-0.2, 0) is 16.0 Å². The van der Waals surface area contributed by atoms with Crippen molar-refractivity contribution in [1.29, 1.82) is 0 Å². The summed E-state index contributed by atoms with van der Waals surface area (Å²) in [6, 6.07) is 9.11. The molecule has 4 rings (SSSR count). The Bertz CT molecular complexity index is 932. The maximum absolute atomic E-state index is 12.8. The van der Waals surface area contributed by atoms with Crippen molar-refractivity contribution in [1.82, 2.24) is 20.7 Å². The van der Waals surface area contributed by atoms with Gasteiger partial charge in [0.25, 0.3) is 5.91 Å². The first-order valence-electron chi connectivity index (χ1n) is 10.4. The molecule has 2 fully saturated rings. The van der Waals surface area contributed by atoms with E-state index in [-0.39, 0.29) is 18.2 Å². The molecule has 2 aromatic rings. The van der Waals surface area contributed by atoms with Crippen molar-refractivity contribution in [3.05, 3.63) is 42.4 Å². The molecular weight excluding hydrogens is 384 g/mol. The van der Waals surface area contributed by atoms with Crippen molar-refractivity contribution in [2.75, 3.05) is 0 Å². The molecule has 30 heavy (non-hydrogen) atoms. The van der Waals surface area contributed by atoms with Crippen LogP contribution in [0.15, 0.2) is 40.9 Å². The predicted molar refractivity (Wildman–Crippen MR) is 109 cm³/mol. The van der Waals surface area contributed by atoms with Crippen LogP contribution in [0.2, 0.25) is 0 Å². The highest BCUT2D eigenvalue weighted by atomic mass is 16.4. The lowest BCUT2D eigenvalue weighted by atomic mass is 9.77. The number of hydrogen-bond acceptors (Lipinski definition) is 5. The number of amides is 4. The van der Waals surface area contributed by atoms with Gasteiger partial charge in [0.05, 0.1) is 6.20 Å². The number of benzene rings is 1. The van der Waals surface area contributed by atoms with E-state index in [1.54, 1.807) is 6.20 Å². The number of hydrazine groups is 1. The van der Waals surface area contributed by atoms with Gasteiger partial charge < -0.3 is 9.73 Å². The zero-order valence-electron chi connectivity index (χ0n) is 17.0. The number of carbonyl (C=O) groups excluding carboxylic acids is 3. The molecule has 1 aromatic carbocycles. The summed E-state index contributed by atoms with van der Waals surface area (Å²) in [6.07, 6.45) is 5.80. The number of urea groups is 1. The number of imide groups is 1. The van der Waals surface area contributed by atoms with Gasteiger partial charge in [-0.2, -0.15) is 5.01 Å². The van der Waals surface area contributed by atoms with E-state index in [9.17, 15) is 14.4 Å². The van der Waals surface area contributed by atoms with Crippen LogP contribution in [-0.4, -0.2) is 33.4 Å². The topological polar surface area (TPSA) is 105 Å². The molecule has 1 aromatic heterocycles. The first-order valence-corrected chi connectivity index (χ1v) is 10.4. The highest BCUT2D eigenvalue weighted by Crippen LogP contribution is 2.35. The van der Waals surface area contributed by atoms with Gasteiger partial charge in [0, 0.05) is 18.4 Å². The van der Waals surface area contributed by atoms with E-state index >= 15 is 0 Å². The molecule has 0 unspecified atom stereocenters. The molecule has 8 nitrogen and oxygen atoms in total. The number of rotatable bonds is 6. The fourth-order valence-corrected chi connectivity index (χ4v) is 4.06. The number of oxazole rings is 1. The van der Waals surface area contributed by atoms with E-state index < -0.39 is 11.6 Å². The van der Waals surface area contributed by atoms with Gasteiger partial charge in [-0.3, -0.25) is 15.0 Å². The first-order chi connectivity index (χ1) is 14.5. The highest BCUT2D eigenvalue weighted by Gasteiger charge is 2.52. The molecule has 4 amide bonds. The summed E-state index contributed by atoms with van der Waals surface area (Å²) in [7, 11) is 0. The van der Waals surface area contributed by atoms with Crippen molar-refractivity contribution in [3.8, 4) is 11.3 Å². The zero-order chi connectivity index (χ0) is 21.1. The summed E-state index contributed by atoms with van der Waals surface area (Å²) in [5.41, 5.74) is 2.55. The molecule has 2 heterocycles. The smallest absolute Gasteiger partial charge is 0.344 e. The van der Waals surface area contributed by atoms with Crippen LogP contribution in [0.4, 0.5) is 4.79 Å². The van der Waals surface area contributed by atoms with Gasteiger partial charge in [0.2, 0.25) is 5.91 Å². The average molecular weight is 410 g/mol. The summed E-state index contributed by atoms with van der Waals surface area (Å²) in [5, 5.41) is 3.64. The number of nitrogens with zero attached hydrogens (tertiary/aromatic N) is 2. The standard InChI is InChI=1S/C22H26N4O4/c1-15-10-12-22(13-11-15)20(28)26(21(29)24-22)25-18(27)8-5-9-19-23-14-17(30-19)16-6-3-2-4-7-16/h2-4,6-7,14-15H,5,8-13H2,1H3,(H,24,29)(H,25,27). The highest BCUT2D eigenvalue weighted by molar-refractivity contribution is 6.08. The van der Waals surface area contributed by atoms with Gasteiger partial charge in [-0.15, -0.1) is 0 Å². The van der Waals surface area contributed by atoms with Gasteiger partial charge >= 0.3 is 6.03 Å². The molecule has 0 bridgehead atoms. The summed E-state index contributed by atoms with van der Waals surface area (Å²) in [5.74, 6) is 1.04. The number of nitrogens with one attached hydrogen (secondary N) is 2. The Morgan fingerprint density at radius 2 is 2.00 bits per heavy atom. The first kappa shape index (κ1) is 20.1. The van der Waals surface area contributed by atoms with Crippen molar-refractivity contribution < 1.29 is 18.8 Å². The van der Waals surface area contributed by atoms with E-state index in [0.29, 0.717) is 43.3 Å². The van der Waals surface area contributed by atoms with Crippen LogP contribution in [0.25, 0.3) is 11.3 Å². The molecular formula is C22H26N4O4. The fourth-order valence-electron chi connectivity index (χ4n) is 4.06. The molecule has 158 valence electrons. The summed E-state index contributed by atoms with van der Waals surface area (Å²) in [4.78, 5) is 41.6. The predicted octanol–water partition coefficient (Wildman–Crippen LogP) is 3.20. The lowest BCUT2D eigenvalue weighted by Crippen LogP contribution is -2.51. The third-order valence-corrected chi connectivity index (χ3v) is 5.93. The summed E-state index contributed by atoms with van der Waals surface area (Å²) < 4.78 is 5.73. The molecule has 2 aliphatic rings. The number of hydrogen-bond donors (Lipinski definition) is 2. The Morgan fingerprint density at radius 1 is 1.27 bits per heavy atom. The molecule has 1 aliphatic carbocycles. The van der Waals surface area contributed by atoms with Crippen molar-refractivity contribution in [2.45, 2.75) is 57.4 Å². The molecule has 0 atom stereocenters. The molecule has 1 aliphatic heterocycles. The van der Waals surface area contributed by atoms with Crippen molar-refractivity contribution in [3.63, 3.8) is 0 Å². The van der Waals surface area contributed by atoms with E-state index in [4.69, 9.17) is 4.42 Å². The lowest BCUT2D eigenvalue weighted by molar-refractivity contribution is -0.140. The Labute approximate surface area is 175 Å². The fraction of sp³-hybridized carbons (Fsp3) is 0.455. The van der Waals surface area contributed by atoms with Gasteiger partial charge in [0.1, 0.15) is 5.54 Å². The molecule has 0 radical (unpaired) electrons. The summed E-state index contributed by atoms with van der Waals surface area (Å²) in [6.45, 7) is 2.14. The number of aromatic nitrogens is 1. The van der Waals surface area contributed by atoms with Gasteiger partial charge in [0.15, 0.2) is 11.7 Å². The van der Waals surface area contributed by atoms with Crippen LogP contribution in [0.5, 0.6) is 0 Å². The Hall–Kier alpha value is -3.16. The molecule has 1 saturated heterocycles. The van der Waals surface area contributed by atoms with E-state index in [1.165, 1.54) is 0 Å². The Morgan fingerprint density at radius 3 is 2.73 bits per heavy atom. The largest absolute Gasteiger partial charge is 0.441 e. The maximum atomic E-state index is 12.8. The molecule has 1 saturated carbocycles. The quantitative estimate of drug-likeness (QED) is 0.712. The van der Waals surface area contributed by atoms with Crippen LogP contribution >= 0.6 is 0 Å². The van der Waals surface area contributed by atoms with Crippen molar-refractivity contribution >= 4 is 17.8 Å². The summed E-state index contributed by atoms with van der Waals surface area (Å²) >= 11 is 0. The number of aryl methyl sites for hydroxylation is 1. The van der Waals surface area contributed by atoms with Gasteiger partial charge in [-0.1, -0.05) is 37.3 Å². The minimum Gasteiger partial charge on any atom is -0.441 e. The van der Waals surface area contributed by atoms with Crippen LogP contribution in [0, 0.1) is 5.92 Å². The normalized spacial score (nSPS) is 23.6. The second-order valence-corrected chi connectivity index (χ2v) is 8.21. The van der Waals surface area contributed by atoms with Crippen molar-refractivity contribution in [2.24, 2.45) is 5.92 Å². The SMILES string of the molecule is CC1CCC2(CC1)NC(=O)N(NC(=O)CCCc1ncc(-c3ccccc3)o1)C2=O. The van der Waals surface area contributed by atoms with Gasteiger partial charge in [-0.05, 0) is 38.0 Å². The minimum atomic E-state index is -0.858. The zero-order valence-corrected chi connectivity index (χ0v) is 17.0. The third kappa shape index (κ3) is 4.08. The lowest BCUT2D eigenvalue weighted by Gasteiger charge is -2.33. The monoisotopic (exact) mass is 410 g/mol. The van der Waals surface area contributed by atoms with E-state index in [2.05, 4.69) is 22.7 Å². The van der Waals surface area contributed by atoms with Crippen LogP contribution in [0.1, 0.15) is 51.3 Å². The Balaban J connectivity index is 1.27. The Kier molecular flexibility index (Phi) is 5.57.